The number of carbonyl (C=O) groups is 5. The van der Waals surface area contributed by atoms with Crippen molar-refractivity contribution in [1.82, 2.24) is 20.4 Å². The van der Waals surface area contributed by atoms with Gasteiger partial charge in [-0.2, -0.15) is 0 Å². The summed E-state index contributed by atoms with van der Waals surface area (Å²) in [5.41, 5.74) is 0. The van der Waals surface area contributed by atoms with Crippen LogP contribution in [0.4, 0.5) is 4.79 Å². The van der Waals surface area contributed by atoms with Crippen LogP contribution in [0.15, 0.2) is 0 Å². The third-order valence-corrected chi connectivity index (χ3v) is 4.51. The lowest BCUT2D eigenvalue weighted by Gasteiger charge is -2.34. The fraction of sp³-hybridized carbons (Fsp3) is 0.667. The number of carbonyl (C=O) groups excluding carboxylic acids is 5. The van der Waals surface area contributed by atoms with E-state index in [0.29, 0.717) is 11.3 Å². The molecule has 0 aromatic heterocycles. The number of likely N-dealkylation sites (N-methyl/N-ethyl adjacent to an activating group) is 1. The van der Waals surface area contributed by atoms with Crippen LogP contribution in [-0.2, 0) is 19.2 Å². The SMILES string of the molecule is CNC(=O)CNC(=O)CN1C(=O)C(=O)N([C@@H]2CCCC[C@H]2C)C1=O. The summed E-state index contributed by atoms with van der Waals surface area (Å²) in [5, 5.41) is 4.62. The first-order chi connectivity index (χ1) is 11.4. The fourth-order valence-electron chi connectivity index (χ4n) is 3.10. The van der Waals surface area contributed by atoms with Crippen LogP contribution in [0.2, 0.25) is 0 Å². The van der Waals surface area contributed by atoms with Crippen LogP contribution < -0.4 is 10.6 Å². The number of hydrogen-bond donors (Lipinski definition) is 2. The zero-order valence-electron chi connectivity index (χ0n) is 13.8. The van der Waals surface area contributed by atoms with Gasteiger partial charge in [0.25, 0.3) is 0 Å². The van der Waals surface area contributed by atoms with Gasteiger partial charge in [0.15, 0.2) is 0 Å². The Balaban J connectivity index is 2.03. The van der Waals surface area contributed by atoms with Crippen molar-refractivity contribution in [3.05, 3.63) is 0 Å². The molecule has 9 nitrogen and oxygen atoms in total. The van der Waals surface area contributed by atoms with Crippen molar-refractivity contribution in [2.45, 2.75) is 38.6 Å². The van der Waals surface area contributed by atoms with Gasteiger partial charge in [-0.15, -0.1) is 0 Å². The molecule has 1 saturated heterocycles. The first kappa shape index (κ1) is 17.9. The second-order valence-electron chi connectivity index (χ2n) is 6.13. The van der Waals surface area contributed by atoms with E-state index in [-0.39, 0.29) is 18.5 Å². The number of hydrogen-bond acceptors (Lipinski definition) is 5. The van der Waals surface area contributed by atoms with Crippen LogP contribution in [0, 0.1) is 5.92 Å². The van der Waals surface area contributed by atoms with Gasteiger partial charge < -0.3 is 10.6 Å². The molecule has 24 heavy (non-hydrogen) atoms. The molecule has 0 radical (unpaired) electrons. The minimum absolute atomic E-state index is 0.126. The van der Waals surface area contributed by atoms with Gasteiger partial charge in [0.2, 0.25) is 11.8 Å². The predicted octanol–water partition coefficient (Wildman–Crippen LogP) is -0.782. The second kappa shape index (κ2) is 7.41. The van der Waals surface area contributed by atoms with Gasteiger partial charge >= 0.3 is 17.8 Å². The van der Waals surface area contributed by atoms with E-state index >= 15 is 0 Å². The summed E-state index contributed by atoms with van der Waals surface area (Å²) in [5.74, 6) is -2.82. The molecule has 1 aliphatic carbocycles. The summed E-state index contributed by atoms with van der Waals surface area (Å²) in [6, 6.07) is -1.06. The van der Waals surface area contributed by atoms with Crippen molar-refractivity contribution in [3.63, 3.8) is 0 Å². The lowest BCUT2D eigenvalue weighted by atomic mass is 9.85. The van der Waals surface area contributed by atoms with Gasteiger partial charge in [-0.3, -0.25) is 24.1 Å². The Morgan fingerprint density at radius 2 is 1.75 bits per heavy atom. The van der Waals surface area contributed by atoms with Crippen molar-refractivity contribution < 1.29 is 24.0 Å². The molecule has 0 bridgehead atoms. The van der Waals surface area contributed by atoms with E-state index < -0.39 is 36.2 Å². The summed E-state index contributed by atoms with van der Waals surface area (Å²) in [4.78, 5) is 61.2. The van der Waals surface area contributed by atoms with Crippen LogP contribution in [0.25, 0.3) is 0 Å². The number of rotatable bonds is 5. The van der Waals surface area contributed by atoms with Gasteiger partial charge in [-0.05, 0) is 18.8 Å². The monoisotopic (exact) mass is 338 g/mol. The van der Waals surface area contributed by atoms with Gasteiger partial charge in [-0.25, -0.2) is 9.69 Å². The number of urea groups is 1. The highest BCUT2D eigenvalue weighted by Gasteiger charge is 2.49. The van der Waals surface area contributed by atoms with E-state index in [4.69, 9.17) is 0 Å². The van der Waals surface area contributed by atoms with Crippen LogP contribution >= 0.6 is 0 Å². The van der Waals surface area contributed by atoms with Crippen molar-refractivity contribution >= 4 is 29.7 Å². The average molecular weight is 338 g/mol. The maximum absolute atomic E-state index is 12.5. The normalized spacial score (nSPS) is 24.3. The molecule has 0 spiro atoms. The van der Waals surface area contributed by atoms with Crippen molar-refractivity contribution in [2.24, 2.45) is 5.92 Å². The number of nitrogens with one attached hydrogen (secondary N) is 2. The summed E-state index contributed by atoms with van der Waals surface area (Å²) in [7, 11) is 1.42. The van der Waals surface area contributed by atoms with Crippen LogP contribution in [0.1, 0.15) is 32.6 Å². The largest absolute Gasteiger partial charge is 0.358 e. The van der Waals surface area contributed by atoms with E-state index in [0.717, 1.165) is 24.2 Å². The predicted molar refractivity (Wildman–Crippen MR) is 82.5 cm³/mol. The molecule has 9 heteroatoms. The molecule has 6 amide bonds. The van der Waals surface area contributed by atoms with Gasteiger partial charge in [-0.1, -0.05) is 19.8 Å². The first-order valence-electron chi connectivity index (χ1n) is 8.03. The number of nitrogens with zero attached hydrogens (tertiary/aromatic N) is 2. The highest BCUT2D eigenvalue weighted by molar-refractivity contribution is 6.45. The molecule has 2 fully saturated rings. The Kier molecular flexibility index (Phi) is 5.53. The maximum Gasteiger partial charge on any atom is 0.334 e. The molecule has 0 aromatic carbocycles. The third kappa shape index (κ3) is 3.55. The Morgan fingerprint density at radius 3 is 2.38 bits per heavy atom. The van der Waals surface area contributed by atoms with Crippen molar-refractivity contribution in [2.75, 3.05) is 20.1 Å². The maximum atomic E-state index is 12.5. The van der Waals surface area contributed by atoms with E-state index in [2.05, 4.69) is 10.6 Å². The second-order valence-corrected chi connectivity index (χ2v) is 6.13. The smallest absolute Gasteiger partial charge is 0.334 e. The lowest BCUT2D eigenvalue weighted by molar-refractivity contribution is -0.145. The number of amides is 6. The minimum atomic E-state index is -0.993. The van der Waals surface area contributed by atoms with Crippen molar-refractivity contribution in [1.29, 1.82) is 0 Å². The molecule has 2 aliphatic rings. The molecule has 1 aliphatic heterocycles. The Morgan fingerprint density at radius 1 is 1.08 bits per heavy atom. The van der Waals surface area contributed by atoms with Crippen LogP contribution in [0.3, 0.4) is 0 Å². The summed E-state index contributed by atoms with van der Waals surface area (Å²) >= 11 is 0. The average Bonchev–Trinajstić information content (AvgIpc) is 2.77. The molecule has 2 atom stereocenters. The third-order valence-electron chi connectivity index (χ3n) is 4.51. The van der Waals surface area contributed by atoms with E-state index in [1.165, 1.54) is 7.05 Å². The molecule has 1 saturated carbocycles. The summed E-state index contributed by atoms with van der Waals surface area (Å²) < 4.78 is 0. The van der Waals surface area contributed by atoms with Gasteiger partial charge in [0, 0.05) is 13.1 Å². The molecule has 1 heterocycles. The van der Waals surface area contributed by atoms with Gasteiger partial charge in [0.05, 0.1) is 6.54 Å². The van der Waals surface area contributed by atoms with Gasteiger partial charge in [0.1, 0.15) is 6.54 Å². The Hall–Kier alpha value is -2.45. The molecule has 0 aromatic rings. The van der Waals surface area contributed by atoms with Crippen LogP contribution in [0.5, 0.6) is 0 Å². The van der Waals surface area contributed by atoms with E-state index in [1.54, 1.807) is 0 Å². The van der Waals surface area contributed by atoms with Crippen molar-refractivity contribution in [3.8, 4) is 0 Å². The van der Waals surface area contributed by atoms with E-state index in [9.17, 15) is 24.0 Å². The van der Waals surface area contributed by atoms with E-state index in [1.807, 2.05) is 6.92 Å². The molecule has 2 N–H and O–H groups in total. The Labute approximate surface area is 139 Å². The lowest BCUT2D eigenvalue weighted by Crippen LogP contribution is -2.47. The minimum Gasteiger partial charge on any atom is -0.358 e. The highest BCUT2D eigenvalue weighted by Crippen LogP contribution is 2.31. The topological polar surface area (TPSA) is 116 Å². The molecule has 132 valence electrons. The molecule has 2 rings (SSSR count). The molecule has 0 unspecified atom stereocenters. The fourth-order valence-corrected chi connectivity index (χ4v) is 3.10. The summed E-state index contributed by atoms with van der Waals surface area (Å²) in [6.45, 7) is 1.12. The zero-order valence-corrected chi connectivity index (χ0v) is 13.8. The molecular formula is C15H22N4O5. The zero-order chi connectivity index (χ0) is 17.9. The first-order valence-corrected chi connectivity index (χ1v) is 8.03. The summed E-state index contributed by atoms with van der Waals surface area (Å²) in [6.07, 6.45) is 3.49. The van der Waals surface area contributed by atoms with Crippen LogP contribution in [-0.4, -0.2) is 65.6 Å². The highest BCUT2D eigenvalue weighted by atomic mass is 16.2. The Bertz CT molecular complexity index is 576. The number of imide groups is 2. The quantitative estimate of drug-likeness (QED) is 0.504. The standard InChI is InChI=1S/C15H22N4O5/c1-9-5-3-4-6-10(9)19-14(23)13(22)18(15(19)24)8-12(21)17-7-11(20)16-2/h9-10H,3-8H2,1-2H3,(H,16,20)(H,17,21)/t9-,10-/m1/s1. The molecular weight excluding hydrogens is 316 g/mol.